The molecule has 0 amide bonds. The molecular formula is C17H17NO2S2. The normalized spacial score (nSPS) is 23.7. The summed E-state index contributed by atoms with van der Waals surface area (Å²) in [6.07, 6.45) is 5.16. The van der Waals surface area contributed by atoms with E-state index in [4.69, 9.17) is 0 Å². The topological polar surface area (TPSA) is 46.2 Å². The molecule has 1 N–H and O–H groups in total. The lowest BCUT2D eigenvalue weighted by Crippen LogP contribution is -2.38. The lowest BCUT2D eigenvalue weighted by molar-refractivity contribution is 0.466. The summed E-state index contributed by atoms with van der Waals surface area (Å²) in [4.78, 5) is 0. The van der Waals surface area contributed by atoms with Crippen molar-refractivity contribution in [2.24, 2.45) is 5.92 Å². The SMILES string of the molecule is O=S(=O)(N[C@H]1C2=Cc3ccccc3C[C@@H]1CC2)c1cccs1. The first-order valence-corrected chi connectivity index (χ1v) is 9.84. The molecule has 2 aliphatic rings. The van der Waals surface area contributed by atoms with Gasteiger partial charge in [0.15, 0.2) is 0 Å². The molecule has 114 valence electrons. The molecule has 1 aromatic carbocycles. The molecule has 2 aromatic rings. The van der Waals surface area contributed by atoms with Gasteiger partial charge in [0, 0.05) is 6.04 Å². The van der Waals surface area contributed by atoms with Gasteiger partial charge < -0.3 is 0 Å². The van der Waals surface area contributed by atoms with Crippen molar-refractivity contribution < 1.29 is 8.42 Å². The highest BCUT2D eigenvalue weighted by Gasteiger charge is 2.36. The third kappa shape index (κ3) is 2.43. The highest BCUT2D eigenvalue weighted by atomic mass is 32.2. The van der Waals surface area contributed by atoms with Crippen molar-refractivity contribution in [1.82, 2.24) is 4.72 Å². The van der Waals surface area contributed by atoms with Crippen LogP contribution in [0.15, 0.2) is 51.6 Å². The average molecular weight is 331 g/mol. The average Bonchev–Trinajstić information content (AvgIpc) is 3.09. The van der Waals surface area contributed by atoms with Gasteiger partial charge in [-0.3, -0.25) is 0 Å². The molecular weight excluding hydrogens is 314 g/mol. The summed E-state index contributed by atoms with van der Waals surface area (Å²) >= 11 is 1.26. The number of nitrogens with one attached hydrogen (secondary N) is 1. The second kappa shape index (κ2) is 5.33. The largest absolute Gasteiger partial charge is 0.250 e. The minimum absolute atomic E-state index is 0.0699. The zero-order valence-electron chi connectivity index (χ0n) is 12.0. The molecule has 1 fully saturated rings. The van der Waals surface area contributed by atoms with E-state index in [0.717, 1.165) is 19.3 Å². The Kier molecular flexibility index (Phi) is 3.44. The lowest BCUT2D eigenvalue weighted by atomic mass is 9.94. The highest BCUT2D eigenvalue weighted by Crippen LogP contribution is 2.39. The summed E-state index contributed by atoms with van der Waals surface area (Å²) in [6, 6.07) is 11.7. The molecule has 4 rings (SSSR count). The van der Waals surface area contributed by atoms with E-state index in [1.54, 1.807) is 17.5 Å². The van der Waals surface area contributed by atoms with Crippen LogP contribution in [0, 0.1) is 5.92 Å². The molecule has 0 saturated heterocycles. The maximum absolute atomic E-state index is 12.5. The van der Waals surface area contributed by atoms with Crippen LogP contribution in [0.3, 0.4) is 0 Å². The molecule has 1 heterocycles. The van der Waals surface area contributed by atoms with Crippen LogP contribution in [-0.2, 0) is 16.4 Å². The van der Waals surface area contributed by atoms with Crippen molar-refractivity contribution >= 4 is 27.4 Å². The van der Waals surface area contributed by atoms with Gasteiger partial charge in [0.1, 0.15) is 4.21 Å². The van der Waals surface area contributed by atoms with Crippen molar-refractivity contribution in [3.05, 3.63) is 58.5 Å². The fourth-order valence-electron chi connectivity index (χ4n) is 3.52. The van der Waals surface area contributed by atoms with E-state index in [-0.39, 0.29) is 6.04 Å². The van der Waals surface area contributed by atoms with Gasteiger partial charge in [0.05, 0.1) is 0 Å². The Morgan fingerprint density at radius 3 is 2.82 bits per heavy atom. The summed E-state index contributed by atoms with van der Waals surface area (Å²) in [5, 5.41) is 1.80. The van der Waals surface area contributed by atoms with E-state index in [1.807, 2.05) is 6.07 Å². The van der Waals surface area contributed by atoms with Crippen LogP contribution in [0.4, 0.5) is 0 Å². The maximum Gasteiger partial charge on any atom is 0.250 e. The molecule has 2 aliphatic carbocycles. The molecule has 2 atom stereocenters. The maximum atomic E-state index is 12.5. The number of benzene rings is 1. The van der Waals surface area contributed by atoms with Crippen molar-refractivity contribution in [3.63, 3.8) is 0 Å². The Morgan fingerprint density at radius 2 is 2.00 bits per heavy atom. The van der Waals surface area contributed by atoms with E-state index >= 15 is 0 Å². The molecule has 0 aliphatic heterocycles. The fourth-order valence-corrected chi connectivity index (χ4v) is 5.83. The van der Waals surface area contributed by atoms with Crippen LogP contribution in [0.5, 0.6) is 0 Å². The second-order valence-corrected chi connectivity index (χ2v) is 8.84. The summed E-state index contributed by atoms with van der Waals surface area (Å²) in [5.74, 6) is 0.352. The van der Waals surface area contributed by atoms with Gasteiger partial charge in [0.25, 0.3) is 10.0 Å². The van der Waals surface area contributed by atoms with E-state index < -0.39 is 10.0 Å². The van der Waals surface area contributed by atoms with E-state index in [1.165, 1.54) is 28.0 Å². The predicted molar refractivity (Wildman–Crippen MR) is 89.3 cm³/mol. The van der Waals surface area contributed by atoms with E-state index in [2.05, 4.69) is 29.0 Å². The van der Waals surface area contributed by atoms with Crippen molar-refractivity contribution in [2.45, 2.75) is 29.5 Å². The summed E-state index contributed by atoms with van der Waals surface area (Å²) in [7, 11) is -3.42. The standard InChI is InChI=1S/C17H17NO2S2/c19-22(20,16-6-3-9-21-16)18-17-14-7-8-15(17)11-13-5-2-1-4-12(13)10-14/h1-6,9-10,15,17-18H,7-8,11H2/t15-,17-/m0/s1. The van der Waals surface area contributed by atoms with Crippen molar-refractivity contribution in [2.75, 3.05) is 0 Å². The number of thiophene rings is 1. The Morgan fingerprint density at radius 1 is 1.14 bits per heavy atom. The van der Waals surface area contributed by atoms with Crippen LogP contribution in [0.2, 0.25) is 0 Å². The molecule has 22 heavy (non-hydrogen) atoms. The number of sulfonamides is 1. The third-order valence-corrected chi connectivity index (χ3v) is 7.43. The Hall–Kier alpha value is -1.43. The number of hydrogen-bond acceptors (Lipinski definition) is 3. The van der Waals surface area contributed by atoms with Crippen molar-refractivity contribution in [1.29, 1.82) is 0 Å². The van der Waals surface area contributed by atoms with Gasteiger partial charge in [-0.15, -0.1) is 11.3 Å². The third-order valence-electron chi connectivity index (χ3n) is 4.59. The number of fused-ring (bicyclic) bond motifs is 3. The van der Waals surface area contributed by atoms with Crippen LogP contribution in [0.1, 0.15) is 24.0 Å². The summed E-state index contributed by atoms with van der Waals surface area (Å²) in [6.45, 7) is 0. The first kappa shape index (κ1) is 14.2. The quantitative estimate of drug-likeness (QED) is 0.936. The van der Waals surface area contributed by atoms with E-state index in [0.29, 0.717) is 10.1 Å². The zero-order valence-corrected chi connectivity index (χ0v) is 13.7. The molecule has 5 heteroatoms. The smallest absolute Gasteiger partial charge is 0.206 e. The summed E-state index contributed by atoms with van der Waals surface area (Å²) < 4.78 is 28.4. The van der Waals surface area contributed by atoms with Crippen LogP contribution >= 0.6 is 11.3 Å². The first-order valence-electron chi connectivity index (χ1n) is 7.48. The fraction of sp³-hybridized carbons (Fsp3) is 0.294. The van der Waals surface area contributed by atoms with Gasteiger partial charge in [-0.1, -0.05) is 42.0 Å². The highest BCUT2D eigenvalue weighted by molar-refractivity contribution is 7.91. The van der Waals surface area contributed by atoms with Gasteiger partial charge in [-0.25, -0.2) is 13.1 Å². The molecule has 1 saturated carbocycles. The minimum Gasteiger partial charge on any atom is -0.206 e. The zero-order chi connectivity index (χ0) is 15.2. The number of rotatable bonds is 3. The lowest BCUT2D eigenvalue weighted by Gasteiger charge is -2.20. The monoisotopic (exact) mass is 331 g/mol. The van der Waals surface area contributed by atoms with E-state index in [9.17, 15) is 8.42 Å². The second-order valence-electron chi connectivity index (χ2n) is 5.95. The molecule has 3 nitrogen and oxygen atoms in total. The molecule has 0 unspecified atom stereocenters. The molecule has 1 aromatic heterocycles. The number of hydrogen-bond donors (Lipinski definition) is 1. The Labute approximate surface area is 134 Å². The van der Waals surface area contributed by atoms with Crippen LogP contribution < -0.4 is 4.72 Å². The van der Waals surface area contributed by atoms with Gasteiger partial charge in [-0.2, -0.15) is 0 Å². The predicted octanol–water partition coefficient (Wildman–Crippen LogP) is 3.44. The molecule has 0 spiro atoms. The van der Waals surface area contributed by atoms with Crippen LogP contribution in [-0.4, -0.2) is 14.5 Å². The van der Waals surface area contributed by atoms with Gasteiger partial charge in [-0.05, 0) is 47.8 Å². The molecule has 0 radical (unpaired) electrons. The first-order chi connectivity index (χ1) is 10.6. The van der Waals surface area contributed by atoms with Gasteiger partial charge >= 0.3 is 0 Å². The minimum atomic E-state index is -3.42. The Balaban J connectivity index is 1.68. The van der Waals surface area contributed by atoms with Gasteiger partial charge in [0.2, 0.25) is 0 Å². The Bertz CT molecular complexity index is 822. The summed E-state index contributed by atoms with van der Waals surface area (Å²) in [5.41, 5.74) is 3.78. The molecule has 2 bridgehead atoms. The van der Waals surface area contributed by atoms with Crippen molar-refractivity contribution in [3.8, 4) is 0 Å². The van der Waals surface area contributed by atoms with Crippen LogP contribution in [0.25, 0.3) is 6.08 Å².